The second kappa shape index (κ2) is 5.30. The first-order valence-electron chi connectivity index (χ1n) is 6.63. The van der Waals surface area contributed by atoms with Gasteiger partial charge >= 0.3 is 0 Å². The smallest absolute Gasteiger partial charge is 0.187 e. The minimum absolute atomic E-state index is 0.0586. The summed E-state index contributed by atoms with van der Waals surface area (Å²) in [5, 5.41) is 6.64. The highest BCUT2D eigenvalue weighted by atomic mass is 35.5. The van der Waals surface area contributed by atoms with Gasteiger partial charge in [0.25, 0.3) is 0 Å². The van der Waals surface area contributed by atoms with Crippen LogP contribution in [0.4, 0.5) is 0 Å². The number of rotatable bonds is 3. The maximum atomic E-state index is 12.6. The lowest BCUT2D eigenvalue weighted by molar-refractivity contribution is 0.0988. The number of carbonyl (C=O) groups excluding carboxylic acids is 1. The van der Waals surface area contributed by atoms with Gasteiger partial charge < -0.3 is 0 Å². The summed E-state index contributed by atoms with van der Waals surface area (Å²) in [7, 11) is 1.79. The molecule has 106 valence electrons. The molecule has 0 bridgehead atoms. The SMILES string of the molecule is Cc1nn(C)c(CC(=O)c2nccc3ccccc23)c1Cl. The van der Waals surface area contributed by atoms with Crippen molar-refractivity contribution in [2.45, 2.75) is 13.3 Å². The number of benzene rings is 1. The third-order valence-electron chi connectivity index (χ3n) is 3.53. The maximum absolute atomic E-state index is 12.6. The van der Waals surface area contributed by atoms with E-state index in [9.17, 15) is 4.79 Å². The molecule has 0 N–H and O–H groups in total. The largest absolute Gasteiger partial charge is 0.292 e. The molecular weight excluding hydrogens is 286 g/mol. The van der Waals surface area contributed by atoms with Crippen LogP contribution in [0, 0.1) is 6.92 Å². The van der Waals surface area contributed by atoms with Gasteiger partial charge in [-0.25, -0.2) is 0 Å². The number of nitrogens with zero attached hydrogens (tertiary/aromatic N) is 3. The van der Waals surface area contributed by atoms with Gasteiger partial charge in [-0.15, -0.1) is 0 Å². The first-order chi connectivity index (χ1) is 10.1. The lowest BCUT2D eigenvalue weighted by atomic mass is 10.0. The highest BCUT2D eigenvalue weighted by molar-refractivity contribution is 6.32. The van der Waals surface area contributed by atoms with Crippen molar-refractivity contribution in [1.29, 1.82) is 0 Å². The van der Waals surface area contributed by atoms with E-state index in [-0.39, 0.29) is 12.2 Å². The summed E-state index contributed by atoms with van der Waals surface area (Å²) in [5.74, 6) is -0.0586. The van der Waals surface area contributed by atoms with Crippen molar-refractivity contribution in [2.24, 2.45) is 7.05 Å². The Kier molecular flexibility index (Phi) is 3.47. The van der Waals surface area contributed by atoms with E-state index in [2.05, 4.69) is 10.1 Å². The number of fused-ring (bicyclic) bond motifs is 1. The first kappa shape index (κ1) is 13.8. The van der Waals surface area contributed by atoms with Crippen molar-refractivity contribution in [3.8, 4) is 0 Å². The molecule has 0 unspecified atom stereocenters. The monoisotopic (exact) mass is 299 g/mol. The maximum Gasteiger partial charge on any atom is 0.187 e. The van der Waals surface area contributed by atoms with Crippen molar-refractivity contribution in [1.82, 2.24) is 14.8 Å². The normalized spacial score (nSPS) is 11.0. The zero-order chi connectivity index (χ0) is 15.0. The fraction of sp³-hybridized carbons (Fsp3) is 0.188. The quantitative estimate of drug-likeness (QED) is 0.697. The van der Waals surface area contributed by atoms with Crippen LogP contribution in [0.1, 0.15) is 21.9 Å². The topological polar surface area (TPSA) is 47.8 Å². The fourth-order valence-corrected chi connectivity index (χ4v) is 2.68. The van der Waals surface area contributed by atoms with Crippen molar-refractivity contribution in [3.05, 3.63) is 58.6 Å². The van der Waals surface area contributed by atoms with Crippen LogP contribution >= 0.6 is 11.6 Å². The summed E-state index contributed by atoms with van der Waals surface area (Å²) in [6.07, 6.45) is 1.85. The summed E-state index contributed by atoms with van der Waals surface area (Å²) < 4.78 is 1.65. The number of ketones is 1. The third-order valence-corrected chi connectivity index (χ3v) is 4.02. The van der Waals surface area contributed by atoms with Crippen molar-refractivity contribution in [2.75, 3.05) is 0 Å². The highest BCUT2D eigenvalue weighted by Gasteiger charge is 2.18. The number of aryl methyl sites for hydroxylation is 2. The van der Waals surface area contributed by atoms with E-state index in [1.807, 2.05) is 37.3 Å². The molecule has 0 aliphatic heterocycles. The Morgan fingerprint density at radius 3 is 2.76 bits per heavy atom. The molecule has 0 aliphatic rings. The van der Waals surface area contributed by atoms with Crippen LogP contribution in [0.25, 0.3) is 10.8 Å². The van der Waals surface area contributed by atoms with E-state index in [0.717, 1.165) is 16.5 Å². The Hall–Kier alpha value is -2.20. The molecule has 0 saturated carbocycles. The molecule has 3 aromatic rings. The fourth-order valence-electron chi connectivity index (χ4n) is 2.45. The average Bonchev–Trinajstić information content (AvgIpc) is 2.73. The van der Waals surface area contributed by atoms with Crippen LogP contribution in [0.2, 0.25) is 5.02 Å². The lowest BCUT2D eigenvalue weighted by Crippen LogP contribution is -2.10. The summed E-state index contributed by atoms with van der Waals surface area (Å²) in [5.41, 5.74) is 1.92. The molecule has 0 radical (unpaired) electrons. The molecule has 3 rings (SSSR count). The van der Waals surface area contributed by atoms with E-state index in [1.54, 1.807) is 17.9 Å². The molecule has 5 heteroatoms. The number of halogens is 1. The van der Waals surface area contributed by atoms with Gasteiger partial charge in [0.15, 0.2) is 5.78 Å². The molecule has 2 heterocycles. The standard InChI is InChI=1S/C16H14ClN3O/c1-10-15(17)13(20(2)19-10)9-14(21)16-12-6-4-3-5-11(12)7-8-18-16/h3-8H,9H2,1-2H3. The zero-order valence-electron chi connectivity index (χ0n) is 11.8. The van der Waals surface area contributed by atoms with Gasteiger partial charge in [0.1, 0.15) is 5.69 Å². The molecule has 0 atom stereocenters. The first-order valence-corrected chi connectivity index (χ1v) is 7.00. The Labute approximate surface area is 127 Å². The van der Waals surface area contributed by atoms with Gasteiger partial charge in [-0.1, -0.05) is 35.9 Å². The second-order valence-electron chi connectivity index (χ2n) is 4.95. The Morgan fingerprint density at radius 1 is 1.29 bits per heavy atom. The molecular formula is C16H14ClN3O. The van der Waals surface area contributed by atoms with E-state index in [0.29, 0.717) is 16.4 Å². The molecule has 0 aliphatic carbocycles. The average molecular weight is 300 g/mol. The van der Waals surface area contributed by atoms with Crippen LogP contribution < -0.4 is 0 Å². The molecule has 0 spiro atoms. The van der Waals surface area contributed by atoms with E-state index in [4.69, 9.17) is 11.6 Å². The number of hydrogen-bond acceptors (Lipinski definition) is 3. The van der Waals surface area contributed by atoms with Crippen LogP contribution in [-0.4, -0.2) is 20.5 Å². The van der Waals surface area contributed by atoms with Gasteiger partial charge in [-0.2, -0.15) is 5.10 Å². The number of carbonyl (C=O) groups is 1. The highest BCUT2D eigenvalue weighted by Crippen LogP contribution is 2.23. The summed E-state index contributed by atoms with van der Waals surface area (Å²) in [6, 6.07) is 9.62. The number of aromatic nitrogens is 3. The summed E-state index contributed by atoms with van der Waals surface area (Å²) in [4.78, 5) is 16.8. The number of hydrogen-bond donors (Lipinski definition) is 0. The molecule has 2 aromatic heterocycles. The van der Waals surface area contributed by atoms with E-state index in [1.165, 1.54) is 0 Å². The van der Waals surface area contributed by atoms with E-state index >= 15 is 0 Å². The van der Waals surface area contributed by atoms with Crippen LogP contribution in [0.3, 0.4) is 0 Å². The van der Waals surface area contributed by atoms with Crippen molar-refractivity contribution < 1.29 is 4.79 Å². The number of Topliss-reactive ketones (excluding diaryl/α,β-unsaturated/α-hetero) is 1. The summed E-state index contributed by atoms with van der Waals surface area (Å²) in [6.45, 7) is 1.83. The predicted octanol–water partition coefficient (Wildman–Crippen LogP) is 3.36. The van der Waals surface area contributed by atoms with Gasteiger partial charge in [0.2, 0.25) is 0 Å². The van der Waals surface area contributed by atoms with E-state index < -0.39 is 0 Å². The molecule has 0 amide bonds. The molecule has 0 fully saturated rings. The minimum atomic E-state index is -0.0586. The van der Waals surface area contributed by atoms with Crippen LogP contribution in [-0.2, 0) is 13.5 Å². The van der Waals surface area contributed by atoms with Crippen LogP contribution in [0.15, 0.2) is 36.5 Å². The van der Waals surface area contributed by atoms with Crippen molar-refractivity contribution in [3.63, 3.8) is 0 Å². The molecule has 4 nitrogen and oxygen atoms in total. The second-order valence-corrected chi connectivity index (χ2v) is 5.33. The molecule has 1 aromatic carbocycles. The van der Waals surface area contributed by atoms with Crippen LogP contribution in [0.5, 0.6) is 0 Å². The number of pyridine rings is 1. The Balaban J connectivity index is 2.02. The molecule has 21 heavy (non-hydrogen) atoms. The van der Waals surface area contributed by atoms with Gasteiger partial charge in [0.05, 0.1) is 22.8 Å². The lowest BCUT2D eigenvalue weighted by Gasteiger charge is -2.05. The third kappa shape index (κ3) is 2.43. The van der Waals surface area contributed by atoms with Gasteiger partial charge in [0, 0.05) is 18.6 Å². The predicted molar refractivity (Wildman–Crippen MR) is 82.7 cm³/mol. The van der Waals surface area contributed by atoms with Gasteiger partial charge in [-0.3, -0.25) is 14.5 Å². The van der Waals surface area contributed by atoms with Gasteiger partial charge in [-0.05, 0) is 18.4 Å². The zero-order valence-corrected chi connectivity index (χ0v) is 12.6. The summed E-state index contributed by atoms with van der Waals surface area (Å²) >= 11 is 6.21. The minimum Gasteiger partial charge on any atom is -0.292 e. The molecule has 0 saturated heterocycles. The van der Waals surface area contributed by atoms with Crippen molar-refractivity contribution >= 4 is 28.2 Å². The Morgan fingerprint density at radius 2 is 2.05 bits per heavy atom. The Bertz CT molecular complexity index is 833.